The minimum absolute atomic E-state index is 0.164. The van der Waals surface area contributed by atoms with Crippen molar-refractivity contribution in [1.82, 2.24) is 9.97 Å². The molecule has 2 aromatic heterocycles. The van der Waals surface area contributed by atoms with Crippen LogP contribution in [0.15, 0.2) is 53.8 Å². The Labute approximate surface area is 193 Å². The molecule has 10 heteroatoms. The molecule has 0 saturated heterocycles. The van der Waals surface area contributed by atoms with Gasteiger partial charge in [-0.05, 0) is 29.3 Å². The molecule has 1 aromatic carbocycles. The molecule has 33 heavy (non-hydrogen) atoms. The Kier molecular flexibility index (Phi) is 7.44. The number of nitriles is 2. The quantitative estimate of drug-likeness (QED) is 0.491. The summed E-state index contributed by atoms with van der Waals surface area (Å²) in [5.41, 5.74) is 2.16. The molecule has 0 atom stereocenters. The van der Waals surface area contributed by atoms with Crippen molar-refractivity contribution in [3.05, 3.63) is 65.5 Å². The van der Waals surface area contributed by atoms with Crippen LogP contribution in [0.4, 0.5) is 14.6 Å². The molecule has 0 amide bonds. The molecule has 2 heterocycles. The van der Waals surface area contributed by atoms with Crippen LogP contribution in [-0.2, 0) is 5.75 Å². The zero-order valence-corrected chi connectivity index (χ0v) is 18.6. The fourth-order valence-electron chi connectivity index (χ4n) is 3.01. The molecule has 168 valence electrons. The van der Waals surface area contributed by atoms with Crippen molar-refractivity contribution in [1.29, 1.82) is 10.5 Å². The summed E-state index contributed by atoms with van der Waals surface area (Å²) in [6.07, 6.45) is -0.333. The highest BCUT2D eigenvalue weighted by Gasteiger charge is 2.30. The van der Waals surface area contributed by atoms with E-state index in [1.165, 1.54) is 36.0 Å². The molecule has 0 aliphatic rings. The van der Waals surface area contributed by atoms with Gasteiger partial charge in [-0.1, -0.05) is 18.2 Å². The van der Waals surface area contributed by atoms with E-state index in [1.54, 1.807) is 31.4 Å². The Bertz CT molecular complexity index is 1210. The summed E-state index contributed by atoms with van der Waals surface area (Å²) >= 11 is 1.34. The van der Waals surface area contributed by atoms with Crippen molar-refractivity contribution in [3.8, 4) is 29.0 Å². The smallest absolute Gasteiger partial charge is 0.421 e. The van der Waals surface area contributed by atoms with Crippen LogP contribution >= 0.6 is 11.8 Å². The number of halogens is 2. The normalized spacial score (nSPS) is 10.9. The van der Waals surface area contributed by atoms with Crippen molar-refractivity contribution in [2.75, 3.05) is 25.6 Å². The van der Waals surface area contributed by atoms with E-state index in [-0.39, 0.29) is 16.9 Å². The maximum Gasteiger partial charge on any atom is 0.421 e. The van der Waals surface area contributed by atoms with Gasteiger partial charge in [0.25, 0.3) is 0 Å². The maximum absolute atomic E-state index is 13.3. The Hall–Kier alpha value is -3.73. The predicted molar refractivity (Wildman–Crippen MR) is 120 cm³/mol. The lowest BCUT2D eigenvalue weighted by atomic mass is 9.96. The van der Waals surface area contributed by atoms with E-state index < -0.39 is 12.7 Å². The van der Waals surface area contributed by atoms with Crippen LogP contribution in [0.25, 0.3) is 11.1 Å². The number of nitrogens with zero attached hydrogens (tertiary/aromatic N) is 5. The second-order valence-corrected chi connectivity index (χ2v) is 8.02. The summed E-state index contributed by atoms with van der Waals surface area (Å²) in [6, 6.07) is 13.5. The number of rotatable bonds is 8. The molecule has 0 spiro atoms. The van der Waals surface area contributed by atoms with Crippen molar-refractivity contribution in [2.24, 2.45) is 0 Å². The van der Waals surface area contributed by atoms with Gasteiger partial charge in [0, 0.05) is 37.8 Å². The lowest BCUT2D eigenvalue weighted by Crippen LogP contribution is -2.28. The third-order valence-corrected chi connectivity index (χ3v) is 5.53. The van der Waals surface area contributed by atoms with E-state index >= 15 is 0 Å². The van der Waals surface area contributed by atoms with Gasteiger partial charge in [0.15, 0.2) is 0 Å². The number of hydrogen-bond donors (Lipinski definition) is 1. The van der Waals surface area contributed by atoms with E-state index in [4.69, 9.17) is 5.11 Å². The van der Waals surface area contributed by atoms with Gasteiger partial charge in [0.1, 0.15) is 40.9 Å². The molecular weight excluding hydrogens is 448 g/mol. The number of hydrogen-bond acceptors (Lipinski definition) is 8. The molecule has 3 rings (SSSR count). The van der Waals surface area contributed by atoms with E-state index in [2.05, 4.69) is 26.8 Å². The monoisotopic (exact) mass is 467 g/mol. The standard InChI is InChI=1S/C23H19F2N5O2S/c1-30(2)21-18(10-26)20(16-5-7-17(8-6-16)32-23(24,25)14-31)19(11-27)22(29-21)33-13-15-4-3-9-28-12-15/h3-9,12,31H,13-14H2,1-2H3. The number of aromatic nitrogens is 2. The molecule has 0 aliphatic carbocycles. The fraction of sp³-hybridized carbons (Fsp3) is 0.217. The highest BCUT2D eigenvalue weighted by Crippen LogP contribution is 2.38. The summed E-state index contributed by atoms with van der Waals surface area (Å²) in [5, 5.41) is 29.0. The Morgan fingerprint density at radius 2 is 1.82 bits per heavy atom. The first-order valence-corrected chi connectivity index (χ1v) is 10.6. The number of alkyl halides is 2. The molecule has 0 bridgehead atoms. The number of aliphatic hydroxyl groups is 1. The molecule has 0 radical (unpaired) electrons. The molecule has 0 fully saturated rings. The second kappa shape index (κ2) is 10.3. The average Bonchev–Trinajstić information content (AvgIpc) is 2.82. The van der Waals surface area contributed by atoms with Gasteiger partial charge in [0.2, 0.25) is 0 Å². The topological polar surface area (TPSA) is 106 Å². The largest absolute Gasteiger partial charge is 0.431 e. The lowest BCUT2D eigenvalue weighted by molar-refractivity contribution is -0.200. The van der Waals surface area contributed by atoms with E-state index in [9.17, 15) is 19.3 Å². The molecule has 0 aliphatic heterocycles. The summed E-state index contributed by atoms with van der Waals surface area (Å²) in [4.78, 5) is 10.3. The van der Waals surface area contributed by atoms with Crippen molar-refractivity contribution < 1.29 is 18.6 Å². The highest BCUT2D eigenvalue weighted by atomic mass is 32.2. The first kappa shape index (κ1) is 23.9. The SMILES string of the molecule is CN(C)c1nc(SCc2cccnc2)c(C#N)c(-c2ccc(OC(F)(F)CO)cc2)c1C#N. The van der Waals surface area contributed by atoms with Gasteiger partial charge in [-0.15, -0.1) is 11.8 Å². The van der Waals surface area contributed by atoms with Gasteiger partial charge in [-0.25, -0.2) is 4.98 Å². The van der Waals surface area contributed by atoms with Crippen LogP contribution in [0.2, 0.25) is 0 Å². The minimum atomic E-state index is -3.72. The van der Waals surface area contributed by atoms with Gasteiger partial charge < -0.3 is 14.7 Å². The summed E-state index contributed by atoms with van der Waals surface area (Å²) in [7, 11) is 3.48. The van der Waals surface area contributed by atoms with Crippen LogP contribution in [0.3, 0.4) is 0 Å². The fourth-order valence-corrected chi connectivity index (χ4v) is 3.92. The molecule has 0 unspecified atom stereocenters. The van der Waals surface area contributed by atoms with Crippen LogP contribution < -0.4 is 9.64 Å². The summed E-state index contributed by atoms with van der Waals surface area (Å²) in [6.45, 7) is -1.46. The zero-order chi connectivity index (χ0) is 24.0. The third kappa shape index (κ3) is 5.55. The van der Waals surface area contributed by atoms with E-state index in [0.29, 0.717) is 27.7 Å². The lowest BCUT2D eigenvalue weighted by Gasteiger charge is -2.20. The molecule has 1 N–H and O–H groups in total. The number of anilines is 1. The van der Waals surface area contributed by atoms with Crippen molar-refractivity contribution in [2.45, 2.75) is 16.9 Å². The number of ether oxygens (including phenoxy) is 1. The first-order valence-electron chi connectivity index (χ1n) is 9.65. The van der Waals surface area contributed by atoms with Crippen LogP contribution in [0.5, 0.6) is 5.75 Å². The second-order valence-electron chi connectivity index (χ2n) is 7.06. The number of aliphatic hydroxyl groups excluding tert-OH is 1. The molecule has 3 aromatic rings. The number of benzene rings is 1. The van der Waals surface area contributed by atoms with Gasteiger partial charge in [-0.2, -0.15) is 19.3 Å². The van der Waals surface area contributed by atoms with Crippen molar-refractivity contribution in [3.63, 3.8) is 0 Å². The minimum Gasteiger partial charge on any atom is -0.431 e. The van der Waals surface area contributed by atoms with Gasteiger partial charge in [0.05, 0.1) is 5.56 Å². The first-order chi connectivity index (χ1) is 15.8. The van der Waals surface area contributed by atoms with Gasteiger partial charge >= 0.3 is 6.11 Å². The summed E-state index contributed by atoms with van der Waals surface area (Å²) in [5.74, 6) is 0.728. The third-order valence-electron chi connectivity index (χ3n) is 4.48. The van der Waals surface area contributed by atoms with Crippen LogP contribution in [0, 0.1) is 22.7 Å². The summed E-state index contributed by atoms with van der Waals surface area (Å²) < 4.78 is 31.2. The molecule has 0 saturated carbocycles. The maximum atomic E-state index is 13.3. The Morgan fingerprint density at radius 3 is 2.36 bits per heavy atom. The number of pyridine rings is 2. The van der Waals surface area contributed by atoms with Crippen molar-refractivity contribution >= 4 is 17.6 Å². The Morgan fingerprint density at radius 1 is 1.12 bits per heavy atom. The van der Waals surface area contributed by atoms with Crippen LogP contribution in [-0.4, -0.2) is 41.9 Å². The highest BCUT2D eigenvalue weighted by molar-refractivity contribution is 7.98. The average molecular weight is 468 g/mol. The zero-order valence-electron chi connectivity index (χ0n) is 17.8. The van der Waals surface area contributed by atoms with E-state index in [0.717, 1.165) is 5.56 Å². The van der Waals surface area contributed by atoms with Crippen LogP contribution in [0.1, 0.15) is 16.7 Å². The number of thioether (sulfide) groups is 1. The molecular formula is C23H19F2N5O2S. The Balaban J connectivity index is 2.10. The van der Waals surface area contributed by atoms with Gasteiger partial charge in [-0.3, -0.25) is 4.98 Å². The van der Waals surface area contributed by atoms with E-state index in [1.807, 2.05) is 12.1 Å². The molecule has 7 nitrogen and oxygen atoms in total. The predicted octanol–water partition coefficient (Wildman–Crippen LogP) is 4.21.